The van der Waals surface area contributed by atoms with Crippen LogP contribution in [0.2, 0.25) is 0 Å². The third-order valence-corrected chi connectivity index (χ3v) is 1.69. The number of anilines is 1. The van der Waals surface area contributed by atoms with E-state index in [4.69, 9.17) is 5.73 Å². The van der Waals surface area contributed by atoms with E-state index in [0.717, 1.165) is 5.56 Å². The highest BCUT2D eigenvalue weighted by Gasteiger charge is 2.04. The molecular weight excluding hydrogens is 142 g/mol. The third-order valence-electron chi connectivity index (χ3n) is 1.69. The van der Waals surface area contributed by atoms with Crippen molar-refractivity contribution in [3.05, 3.63) is 17.7 Å². The van der Waals surface area contributed by atoms with Gasteiger partial charge < -0.3 is 5.73 Å². The average molecular weight is 149 g/mol. The Morgan fingerprint density at radius 1 is 1.36 bits per heavy atom. The van der Waals surface area contributed by atoms with Gasteiger partial charge in [-0.05, 0) is 28.9 Å². The molecule has 0 saturated carbocycles. The topological polar surface area (TPSA) is 64.9 Å². The summed E-state index contributed by atoms with van der Waals surface area (Å²) in [6.45, 7) is 1.92. The molecule has 4 nitrogen and oxygen atoms in total. The second kappa shape index (κ2) is 1.95. The molecule has 0 aliphatic heterocycles. The summed E-state index contributed by atoms with van der Waals surface area (Å²) in [7, 11) is 0. The van der Waals surface area contributed by atoms with E-state index >= 15 is 0 Å². The Bertz CT molecular complexity index is 393. The zero-order chi connectivity index (χ0) is 7.84. The number of aromatic nitrogens is 2. The van der Waals surface area contributed by atoms with Gasteiger partial charge in [0.25, 0.3) is 0 Å². The van der Waals surface area contributed by atoms with Crippen molar-refractivity contribution in [3.63, 3.8) is 0 Å². The predicted molar refractivity (Wildman–Crippen MR) is 41.0 cm³/mol. The number of benzene rings is 1. The molecule has 0 fully saturated rings. The van der Waals surface area contributed by atoms with E-state index in [2.05, 4.69) is 14.9 Å². The molecule has 0 saturated heterocycles. The minimum absolute atomic E-state index is 0.642. The van der Waals surface area contributed by atoms with Crippen LogP contribution in [0.25, 0.3) is 11.0 Å². The van der Waals surface area contributed by atoms with Gasteiger partial charge in [-0.25, -0.2) is 4.63 Å². The molecule has 11 heavy (non-hydrogen) atoms. The summed E-state index contributed by atoms with van der Waals surface area (Å²) in [5.41, 5.74) is 8.68. The molecule has 56 valence electrons. The Labute approximate surface area is 63.0 Å². The van der Waals surface area contributed by atoms with Crippen LogP contribution in [0.4, 0.5) is 5.69 Å². The summed E-state index contributed by atoms with van der Waals surface area (Å²) in [6.07, 6.45) is 0. The monoisotopic (exact) mass is 149 g/mol. The fourth-order valence-electron chi connectivity index (χ4n) is 0.972. The minimum atomic E-state index is 0.642. The van der Waals surface area contributed by atoms with Crippen LogP contribution in [0.15, 0.2) is 16.8 Å². The summed E-state index contributed by atoms with van der Waals surface area (Å²) in [6, 6.07) is 3.72. The van der Waals surface area contributed by atoms with Gasteiger partial charge in [-0.1, -0.05) is 6.07 Å². The van der Waals surface area contributed by atoms with Crippen molar-refractivity contribution in [1.82, 2.24) is 10.3 Å². The molecule has 0 unspecified atom stereocenters. The van der Waals surface area contributed by atoms with Crippen LogP contribution in [0.1, 0.15) is 5.56 Å². The molecular formula is C7H7N3O. The predicted octanol–water partition coefficient (Wildman–Crippen LogP) is 1.11. The molecule has 1 aromatic carbocycles. The van der Waals surface area contributed by atoms with Gasteiger partial charge in [0.2, 0.25) is 0 Å². The van der Waals surface area contributed by atoms with Gasteiger partial charge in [-0.2, -0.15) is 0 Å². The maximum atomic E-state index is 5.70. The van der Waals surface area contributed by atoms with Crippen molar-refractivity contribution in [1.29, 1.82) is 0 Å². The second-order valence-electron chi connectivity index (χ2n) is 2.43. The van der Waals surface area contributed by atoms with Crippen LogP contribution in [-0.2, 0) is 0 Å². The van der Waals surface area contributed by atoms with E-state index in [1.807, 2.05) is 19.1 Å². The zero-order valence-electron chi connectivity index (χ0n) is 6.03. The first-order valence-electron chi connectivity index (χ1n) is 3.26. The van der Waals surface area contributed by atoms with Crippen molar-refractivity contribution in [2.24, 2.45) is 0 Å². The lowest BCUT2D eigenvalue weighted by Gasteiger charge is -1.95. The minimum Gasteiger partial charge on any atom is -0.397 e. The van der Waals surface area contributed by atoms with Crippen LogP contribution < -0.4 is 5.73 Å². The Morgan fingerprint density at radius 2 is 2.18 bits per heavy atom. The smallest absolute Gasteiger partial charge is 0.158 e. The molecule has 4 heteroatoms. The maximum Gasteiger partial charge on any atom is 0.158 e. The maximum absolute atomic E-state index is 5.70. The third kappa shape index (κ3) is 0.756. The fourth-order valence-corrected chi connectivity index (χ4v) is 0.972. The molecule has 0 atom stereocenters. The number of nitrogens with zero attached hydrogens (tertiary/aromatic N) is 2. The number of hydrogen-bond donors (Lipinski definition) is 1. The Kier molecular flexibility index (Phi) is 1.09. The van der Waals surface area contributed by atoms with Gasteiger partial charge in [-0.3, -0.25) is 0 Å². The first-order valence-corrected chi connectivity index (χ1v) is 3.26. The molecule has 1 heterocycles. The number of aryl methyl sites for hydroxylation is 1. The van der Waals surface area contributed by atoms with Crippen molar-refractivity contribution in [3.8, 4) is 0 Å². The van der Waals surface area contributed by atoms with Gasteiger partial charge in [0.1, 0.15) is 5.52 Å². The number of nitrogen functional groups attached to an aromatic ring is 1. The lowest BCUT2D eigenvalue weighted by atomic mass is 10.2. The van der Waals surface area contributed by atoms with Crippen LogP contribution in [0, 0.1) is 6.92 Å². The standard InChI is InChI=1S/C7H7N3O/c1-4-2-3-5-7(6(4)8)10-11-9-5/h2-3H,8H2,1H3. The van der Waals surface area contributed by atoms with Gasteiger partial charge >= 0.3 is 0 Å². The van der Waals surface area contributed by atoms with E-state index in [1.165, 1.54) is 0 Å². The molecule has 0 spiro atoms. The normalized spacial score (nSPS) is 10.6. The second-order valence-corrected chi connectivity index (χ2v) is 2.43. The average Bonchev–Trinajstić information content (AvgIpc) is 2.45. The molecule has 1 aromatic heterocycles. The molecule has 0 radical (unpaired) electrons. The van der Waals surface area contributed by atoms with Crippen molar-refractivity contribution in [2.75, 3.05) is 5.73 Å². The van der Waals surface area contributed by atoms with Gasteiger partial charge in [0.15, 0.2) is 5.52 Å². The largest absolute Gasteiger partial charge is 0.397 e. The fraction of sp³-hybridized carbons (Fsp3) is 0.143. The van der Waals surface area contributed by atoms with E-state index in [1.54, 1.807) is 0 Å². The zero-order valence-corrected chi connectivity index (χ0v) is 6.03. The Morgan fingerprint density at radius 3 is 3.00 bits per heavy atom. The number of fused-ring (bicyclic) bond motifs is 1. The number of rotatable bonds is 0. The molecule has 2 aromatic rings. The highest BCUT2D eigenvalue weighted by atomic mass is 16.6. The summed E-state index contributed by atoms with van der Waals surface area (Å²) < 4.78 is 4.52. The Hall–Kier alpha value is -1.58. The highest BCUT2D eigenvalue weighted by molar-refractivity contribution is 5.87. The molecule has 2 N–H and O–H groups in total. The first-order chi connectivity index (χ1) is 5.29. The van der Waals surface area contributed by atoms with E-state index < -0.39 is 0 Å². The van der Waals surface area contributed by atoms with Crippen LogP contribution in [0.5, 0.6) is 0 Å². The van der Waals surface area contributed by atoms with Crippen molar-refractivity contribution < 1.29 is 4.63 Å². The van der Waals surface area contributed by atoms with E-state index in [9.17, 15) is 0 Å². The van der Waals surface area contributed by atoms with E-state index in [-0.39, 0.29) is 0 Å². The summed E-state index contributed by atoms with van der Waals surface area (Å²) >= 11 is 0. The van der Waals surface area contributed by atoms with Gasteiger partial charge in [0.05, 0.1) is 5.69 Å². The number of hydrogen-bond acceptors (Lipinski definition) is 4. The van der Waals surface area contributed by atoms with Crippen LogP contribution >= 0.6 is 0 Å². The number of nitrogens with two attached hydrogens (primary N) is 1. The van der Waals surface area contributed by atoms with Crippen molar-refractivity contribution in [2.45, 2.75) is 6.92 Å². The Balaban J connectivity index is 2.93. The molecule has 0 bridgehead atoms. The first kappa shape index (κ1) is 6.15. The summed E-state index contributed by atoms with van der Waals surface area (Å²) in [5.74, 6) is 0. The highest BCUT2D eigenvalue weighted by Crippen LogP contribution is 2.20. The molecule has 0 aliphatic carbocycles. The summed E-state index contributed by atoms with van der Waals surface area (Å²) in [5, 5.41) is 7.32. The molecule has 0 aliphatic rings. The van der Waals surface area contributed by atoms with Gasteiger partial charge in [-0.15, -0.1) is 0 Å². The van der Waals surface area contributed by atoms with Crippen LogP contribution in [-0.4, -0.2) is 10.3 Å². The van der Waals surface area contributed by atoms with Crippen molar-refractivity contribution >= 4 is 16.7 Å². The molecule has 0 amide bonds. The lowest BCUT2D eigenvalue weighted by Crippen LogP contribution is -1.90. The summed E-state index contributed by atoms with van der Waals surface area (Å²) in [4.78, 5) is 0. The lowest BCUT2D eigenvalue weighted by molar-refractivity contribution is 0.315. The quantitative estimate of drug-likeness (QED) is 0.570. The van der Waals surface area contributed by atoms with E-state index in [0.29, 0.717) is 16.7 Å². The van der Waals surface area contributed by atoms with Crippen LogP contribution in [0.3, 0.4) is 0 Å². The SMILES string of the molecule is Cc1ccc2nonc2c1N. The van der Waals surface area contributed by atoms with Gasteiger partial charge in [0, 0.05) is 0 Å². The molecule has 2 rings (SSSR count).